The molecule has 1 aliphatic heterocycles. The Balaban J connectivity index is 2.12. The molecule has 0 aromatic carbocycles. The molecule has 9 heteroatoms. The summed E-state index contributed by atoms with van der Waals surface area (Å²) in [5.74, 6) is 0.291. The Kier molecular flexibility index (Phi) is 5.24. The summed E-state index contributed by atoms with van der Waals surface area (Å²) in [7, 11) is -3.67. The number of amides is 2. The lowest BCUT2D eigenvalue weighted by Crippen LogP contribution is -2.49. The molecule has 1 aliphatic rings. The first-order valence-corrected chi connectivity index (χ1v) is 9.46. The van der Waals surface area contributed by atoms with Gasteiger partial charge < -0.3 is 14.7 Å². The van der Waals surface area contributed by atoms with E-state index in [1.165, 1.54) is 4.31 Å². The first kappa shape index (κ1) is 18.7. The highest BCUT2D eigenvalue weighted by Gasteiger charge is 2.33. The highest BCUT2D eigenvalue weighted by Crippen LogP contribution is 2.24. The number of hydrogen-bond acceptors (Lipinski definition) is 5. The van der Waals surface area contributed by atoms with Gasteiger partial charge in [-0.15, -0.1) is 0 Å². The van der Waals surface area contributed by atoms with Gasteiger partial charge in [0.2, 0.25) is 10.0 Å². The molecule has 0 atom stereocenters. The number of rotatable bonds is 2. The number of urea groups is 1. The summed E-state index contributed by atoms with van der Waals surface area (Å²) in [6.07, 6.45) is 0.584. The lowest BCUT2D eigenvalue weighted by molar-refractivity contribution is 0.191. The fraction of sp³-hybridized carbons (Fsp3) is 0.733. The van der Waals surface area contributed by atoms with Gasteiger partial charge in [0.25, 0.3) is 0 Å². The number of hydrogen-bond donors (Lipinski definition) is 1. The summed E-state index contributed by atoms with van der Waals surface area (Å²) >= 11 is 0. The highest BCUT2D eigenvalue weighted by molar-refractivity contribution is 7.89. The number of aryl methyl sites for hydroxylation is 2. The van der Waals surface area contributed by atoms with Crippen molar-refractivity contribution >= 4 is 16.1 Å². The molecule has 1 fully saturated rings. The molecule has 136 valence electrons. The number of nitrogens with zero attached hydrogens (tertiary/aromatic N) is 3. The lowest BCUT2D eigenvalue weighted by Gasteiger charge is -2.27. The molecule has 2 rings (SSSR count). The third-order valence-electron chi connectivity index (χ3n) is 3.79. The van der Waals surface area contributed by atoms with Crippen LogP contribution in [-0.2, 0) is 10.0 Å². The molecular formula is C15H26N4O4S. The van der Waals surface area contributed by atoms with Crippen LogP contribution in [0.1, 0.15) is 38.6 Å². The van der Waals surface area contributed by atoms with Gasteiger partial charge in [-0.3, -0.25) is 0 Å². The molecular weight excluding hydrogens is 332 g/mol. The van der Waals surface area contributed by atoms with E-state index in [4.69, 9.17) is 4.52 Å². The molecule has 2 amide bonds. The first-order valence-electron chi connectivity index (χ1n) is 8.02. The van der Waals surface area contributed by atoms with E-state index in [1.807, 2.05) is 20.8 Å². The van der Waals surface area contributed by atoms with Gasteiger partial charge >= 0.3 is 6.03 Å². The predicted octanol–water partition coefficient (Wildman–Crippen LogP) is 1.50. The van der Waals surface area contributed by atoms with E-state index >= 15 is 0 Å². The third kappa shape index (κ3) is 4.07. The number of carbonyl (C=O) groups excluding carboxylic acids is 1. The minimum absolute atomic E-state index is 0.134. The summed E-state index contributed by atoms with van der Waals surface area (Å²) < 4.78 is 32.1. The Hall–Kier alpha value is -1.61. The zero-order chi connectivity index (χ0) is 18.1. The average molecular weight is 358 g/mol. The predicted molar refractivity (Wildman–Crippen MR) is 89.2 cm³/mol. The van der Waals surface area contributed by atoms with E-state index in [0.717, 1.165) is 0 Å². The van der Waals surface area contributed by atoms with Crippen molar-refractivity contribution < 1.29 is 17.7 Å². The molecule has 0 aliphatic carbocycles. The Morgan fingerprint density at radius 3 is 2.38 bits per heavy atom. The van der Waals surface area contributed by atoms with E-state index in [9.17, 15) is 13.2 Å². The van der Waals surface area contributed by atoms with Crippen molar-refractivity contribution in [2.45, 2.75) is 51.5 Å². The van der Waals surface area contributed by atoms with Gasteiger partial charge in [-0.25, -0.2) is 13.2 Å². The van der Waals surface area contributed by atoms with Crippen LogP contribution in [0, 0.1) is 13.8 Å². The maximum absolute atomic E-state index is 12.9. The van der Waals surface area contributed by atoms with Gasteiger partial charge in [-0.1, -0.05) is 5.16 Å². The minimum atomic E-state index is -3.67. The molecule has 24 heavy (non-hydrogen) atoms. The van der Waals surface area contributed by atoms with Crippen LogP contribution in [0.5, 0.6) is 0 Å². The Morgan fingerprint density at radius 1 is 1.17 bits per heavy atom. The number of aromatic nitrogens is 1. The summed E-state index contributed by atoms with van der Waals surface area (Å²) in [6, 6.07) is -0.168. The maximum atomic E-state index is 12.9. The summed E-state index contributed by atoms with van der Waals surface area (Å²) in [5.41, 5.74) is 0.0327. The number of sulfonamides is 1. The normalized spacial score (nSPS) is 17.6. The number of nitrogens with one attached hydrogen (secondary N) is 1. The zero-order valence-electron chi connectivity index (χ0n) is 14.9. The van der Waals surface area contributed by atoms with Crippen molar-refractivity contribution in [3.05, 3.63) is 11.5 Å². The van der Waals surface area contributed by atoms with Crippen LogP contribution in [0.3, 0.4) is 0 Å². The van der Waals surface area contributed by atoms with Gasteiger partial charge in [-0.05, 0) is 41.0 Å². The van der Waals surface area contributed by atoms with E-state index in [2.05, 4.69) is 10.5 Å². The van der Waals surface area contributed by atoms with Crippen LogP contribution < -0.4 is 5.32 Å². The van der Waals surface area contributed by atoms with Gasteiger partial charge in [-0.2, -0.15) is 4.31 Å². The zero-order valence-corrected chi connectivity index (χ0v) is 15.7. The Labute approximate surface area is 143 Å². The topological polar surface area (TPSA) is 95.8 Å². The van der Waals surface area contributed by atoms with Crippen molar-refractivity contribution in [1.29, 1.82) is 0 Å². The molecule has 0 saturated carbocycles. The van der Waals surface area contributed by atoms with E-state index in [-0.39, 0.29) is 23.0 Å². The highest BCUT2D eigenvalue weighted by atomic mass is 32.2. The molecule has 1 N–H and O–H groups in total. The second-order valence-electron chi connectivity index (χ2n) is 7.08. The number of carbonyl (C=O) groups is 1. The van der Waals surface area contributed by atoms with E-state index in [1.54, 1.807) is 18.7 Å². The standard InChI is InChI=1S/C15H26N4O4S/c1-11-13(12(2)23-17-11)24(21,22)19-8-6-7-18(9-10-19)14(20)16-15(3,4)5/h6-10H2,1-5H3,(H,16,20). The molecule has 0 radical (unpaired) electrons. The largest absolute Gasteiger partial charge is 0.360 e. The molecule has 1 aromatic rings. The van der Waals surface area contributed by atoms with Gasteiger partial charge in [0.1, 0.15) is 10.6 Å². The molecule has 1 saturated heterocycles. The minimum Gasteiger partial charge on any atom is -0.360 e. The summed E-state index contributed by atoms with van der Waals surface area (Å²) in [4.78, 5) is 14.1. The molecule has 1 aromatic heterocycles. The monoisotopic (exact) mass is 358 g/mol. The quantitative estimate of drug-likeness (QED) is 0.864. The maximum Gasteiger partial charge on any atom is 0.317 e. The lowest BCUT2D eigenvalue weighted by atomic mass is 10.1. The second kappa shape index (κ2) is 6.72. The second-order valence-corrected chi connectivity index (χ2v) is 8.95. The van der Waals surface area contributed by atoms with E-state index < -0.39 is 10.0 Å². The van der Waals surface area contributed by atoms with Crippen LogP contribution in [0.2, 0.25) is 0 Å². The SMILES string of the molecule is Cc1noc(C)c1S(=O)(=O)N1CCCN(C(=O)NC(C)(C)C)CC1. The van der Waals surface area contributed by atoms with Crippen molar-refractivity contribution in [1.82, 2.24) is 19.7 Å². The molecule has 0 unspecified atom stereocenters. The van der Waals surface area contributed by atoms with Crippen molar-refractivity contribution in [2.24, 2.45) is 0 Å². The Morgan fingerprint density at radius 2 is 1.83 bits per heavy atom. The van der Waals surface area contributed by atoms with Crippen LogP contribution >= 0.6 is 0 Å². The molecule has 8 nitrogen and oxygen atoms in total. The molecule has 2 heterocycles. The average Bonchev–Trinajstić information content (AvgIpc) is 2.65. The van der Waals surface area contributed by atoms with Crippen molar-refractivity contribution in [3.63, 3.8) is 0 Å². The van der Waals surface area contributed by atoms with Crippen molar-refractivity contribution in [3.8, 4) is 0 Å². The van der Waals surface area contributed by atoms with Crippen LogP contribution in [-0.4, -0.2) is 60.5 Å². The summed E-state index contributed by atoms with van der Waals surface area (Å²) in [6.45, 7) is 10.4. The van der Waals surface area contributed by atoms with Gasteiger partial charge in [0, 0.05) is 31.7 Å². The molecule has 0 spiro atoms. The fourth-order valence-corrected chi connectivity index (χ4v) is 4.47. The van der Waals surface area contributed by atoms with Crippen LogP contribution in [0.25, 0.3) is 0 Å². The van der Waals surface area contributed by atoms with Gasteiger partial charge in [0.15, 0.2) is 5.76 Å². The first-order chi connectivity index (χ1) is 11.0. The van der Waals surface area contributed by atoms with Crippen molar-refractivity contribution in [2.75, 3.05) is 26.2 Å². The Bertz CT molecular complexity index is 686. The van der Waals surface area contributed by atoms with Crippen LogP contribution in [0.4, 0.5) is 4.79 Å². The van der Waals surface area contributed by atoms with Gasteiger partial charge in [0.05, 0.1) is 0 Å². The molecule has 0 bridgehead atoms. The van der Waals surface area contributed by atoms with Crippen LogP contribution in [0.15, 0.2) is 9.42 Å². The summed E-state index contributed by atoms with van der Waals surface area (Å²) in [5, 5.41) is 6.64. The smallest absolute Gasteiger partial charge is 0.317 e. The third-order valence-corrected chi connectivity index (χ3v) is 5.93. The fourth-order valence-electron chi connectivity index (χ4n) is 2.71. The van der Waals surface area contributed by atoms with E-state index in [0.29, 0.717) is 37.5 Å².